The van der Waals surface area contributed by atoms with Crippen molar-refractivity contribution >= 4 is 11.9 Å². The van der Waals surface area contributed by atoms with Gasteiger partial charge in [0, 0.05) is 18.8 Å². The molecule has 1 aliphatic carbocycles. The van der Waals surface area contributed by atoms with Gasteiger partial charge in [0.15, 0.2) is 0 Å². The molecule has 0 aromatic carbocycles. The maximum absolute atomic E-state index is 12.1. The number of rotatable bonds is 5. The van der Waals surface area contributed by atoms with E-state index in [4.69, 9.17) is 4.74 Å². The molecule has 6 heteroatoms. The Balaban J connectivity index is 1.76. The number of aromatic nitrogens is 2. The minimum absolute atomic E-state index is 0.0289. The van der Waals surface area contributed by atoms with Crippen LogP contribution in [0.25, 0.3) is 0 Å². The van der Waals surface area contributed by atoms with Crippen LogP contribution in [0, 0.1) is 11.8 Å². The minimum atomic E-state index is -0.108. The van der Waals surface area contributed by atoms with E-state index in [9.17, 15) is 9.59 Å². The van der Waals surface area contributed by atoms with Crippen LogP contribution < -0.4 is 5.32 Å². The predicted molar refractivity (Wildman–Crippen MR) is 82.4 cm³/mol. The largest absolute Gasteiger partial charge is 0.469 e. The van der Waals surface area contributed by atoms with Crippen LogP contribution in [0.4, 0.5) is 0 Å². The second-order valence-electron chi connectivity index (χ2n) is 6.25. The molecule has 1 fully saturated rings. The average molecular weight is 307 g/mol. The number of methoxy groups -OCH3 is 1. The molecule has 22 heavy (non-hydrogen) atoms. The Morgan fingerprint density at radius 1 is 1.36 bits per heavy atom. The first-order valence-electron chi connectivity index (χ1n) is 7.91. The summed E-state index contributed by atoms with van der Waals surface area (Å²) in [6.07, 6.45) is 6.96. The third-order valence-electron chi connectivity index (χ3n) is 4.33. The molecule has 0 saturated heterocycles. The molecule has 1 aromatic rings. The molecule has 0 aliphatic heterocycles. The number of hydrogen-bond donors (Lipinski definition) is 1. The van der Waals surface area contributed by atoms with Crippen LogP contribution in [0.2, 0.25) is 0 Å². The SMILES string of the molecule is COC(=O)C1CCC(CNC(=O)c2cnn(C(C)C)c2)CC1. The monoisotopic (exact) mass is 307 g/mol. The maximum Gasteiger partial charge on any atom is 0.308 e. The Kier molecular flexibility index (Phi) is 5.57. The van der Waals surface area contributed by atoms with Gasteiger partial charge in [-0.15, -0.1) is 0 Å². The van der Waals surface area contributed by atoms with E-state index in [0.717, 1.165) is 25.7 Å². The molecule has 0 unspecified atom stereocenters. The first-order chi connectivity index (χ1) is 10.5. The van der Waals surface area contributed by atoms with Crippen LogP contribution in [-0.2, 0) is 9.53 Å². The van der Waals surface area contributed by atoms with Gasteiger partial charge in [-0.1, -0.05) is 0 Å². The molecule has 1 saturated carbocycles. The summed E-state index contributed by atoms with van der Waals surface area (Å²) in [5.74, 6) is 0.275. The van der Waals surface area contributed by atoms with Gasteiger partial charge in [-0.05, 0) is 45.4 Å². The highest BCUT2D eigenvalue weighted by Gasteiger charge is 2.27. The average Bonchev–Trinajstić information content (AvgIpc) is 3.02. The summed E-state index contributed by atoms with van der Waals surface area (Å²) in [7, 11) is 1.44. The summed E-state index contributed by atoms with van der Waals surface area (Å²) >= 11 is 0. The Bertz CT molecular complexity index is 516. The van der Waals surface area contributed by atoms with Crippen LogP contribution in [-0.4, -0.2) is 35.3 Å². The predicted octanol–water partition coefficient (Wildman–Crippen LogP) is 2.17. The van der Waals surface area contributed by atoms with Gasteiger partial charge in [-0.2, -0.15) is 5.10 Å². The van der Waals surface area contributed by atoms with Gasteiger partial charge >= 0.3 is 5.97 Å². The normalized spacial score (nSPS) is 21.6. The molecule has 6 nitrogen and oxygen atoms in total. The number of esters is 1. The van der Waals surface area contributed by atoms with Crippen molar-refractivity contribution in [1.82, 2.24) is 15.1 Å². The number of nitrogens with one attached hydrogen (secondary N) is 1. The van der Waals surface area contributed by atoms with Gasteiger partial charge < -0.3 is 10.1 Å². The molecule has 2 rings (SSSR count). The number of nitrogens with zero attached hydrogens (tertiary/aromatic N) is 2. The lowest BCUT2D eigenvalue weighted by atomic mass is 9.82. The van der Waals surface area contributed by atoms with Crippen LogP contribution in [0.15, 0.2) is 12.4 Å². The van der Waals surface area contributed by atoms with Crippen molar-refractivity contribution in [2.75, 3.05) is 13.7 Å². The van der Waals surface area contributed by atoms with E-state index in [2.05, 4.69) is 10.4 Å². The van der Waals surface area contributed by atoms with E-state index in [-0.39, 0.29) is 23.8 Å². The zero-order chi connectivity index (χ0) is 16.1. The van der Waals surface area contributed by atoms with Crippen LogP contribution in [0.3, 0.4) is 0 Å². The zero-order valence-electron chi connectivity index (χ0n) is 13.5. The molecule has 0 radical (unpaired) electrons. The molecule has 1 amide bonds. The van der Waals surface area contributed by atoms with Gasteiger partial charge in [0.2, 0.25) is 0 Å². The van der Waals surface area contributed by atoms with Crippen LogP contribution >= 0.6 is 0 Å². The summed E-state index contributed by atoms with van der Waals surface area (Å²) in [6.45, 7) is 4.70. The number of ether oxygens (including phenoxy) is 1. The lowest BCUT2D eigenvalue weighted by Gasteiger charge is -2.26. The lowest BCUT2D eigenvalue weighted by molar-refractivity contribution is -0.146. The highest BCUT2D eigenvalue weighted by Crippen LogP contribution is 2.29. The molecule has 1 N–H and O–H groups in total. The third kappa shape index (κ3) is 4.08. The summed E-state index contributed by atoms with van der Waals surface area (Å²) in [4.78, 5) is 23.6. The van der Waals surface area contributed by atoms with Gasteiger partial charge in [-0.25, -0.2) is 0 Å². The lowest BCUT2D eigenvalue weighted by Crippen LogP contribution is -2.32. The van der Waals surface area contributed by atoms with Gasteiger partial charge in [0.1, 0.15) is 0 Å². The van der Waals surface area contributed by atoms with E-state index in [1.807, 2.05) is 13.8 Å². The standard InChI is InChI=1S/C16H25N3O3/c1-11(2)19-10-14(9-18-19)15(20)17-8-12-4-6-13(7-5-12)16(21)22-3/h9-13H,4-8H2,1-3H3,(H,17,20). The molecular formula is C16H25N3O3. The first kappa shape index (κ1) is 16.5. The number of amides is 1. The summed E-state index contributed by atoms with van der Waals surface area (Å²) in [5.41, 5.74) is 0.594. The Hall–Kier alpha value is -1.85. The van der Waals surface area contributed by atoms with Crippen LogP contribution in [0.1, 0.15) is 55.9 Å². The highest BCUT2D eigenvalue weighted by atomic mass is 16.5. The van der Waals surface area contributed by atoms with Crippen molar-refractivity contribution in [3.05, 3.63) is 18.0 Å². The quantitative estimate of drug-likeness (QED) is 0.846. The van der Waals surface area contributed by atoms with Crippen molar-refractivity contribution in [2.45, 2.75) is 45.6 Å². The van der Waals surface area contributed by atoms with Crippen molar-refractivity contribution in [2.24, 2.45) is 11.8 Å². The van der Waals surface area contributed by atoms with Crippen LogP contribution in [0.5, 0.6) is 0 Å². The van der Waals surface area contributed by atoms with E-state index < -0.39 is 0 Å². The summed E-state index contributed by atoms with van der Waals surface area (Å²) < 4.78 is 6.56. The third-order valence-corrected chi connectivity index (χ3v) is 4.33. The fourth-order valence-corrected chi connectivity index (χ4v) is 2.85. The smallest absolute Gasteiger partial charge is 0.308 e. The Morgan fingerprint density at radius 3 is 2.59 bits per heavy atom. The van der Waals surface area contributed by atoms with Crippen molar-refractivity contribution in [3.63, 3.8) is 0 Å². The van der Waals surface area contributed by atoms with E-state index in [0.29, 0.717) is 18.0 Å². The molecule has 0 bridgehead atoms. The van der Waals surface area contributed by atoms with Crippen molar-refractivity contribution < 1.29 is 14.3 Å². The minimum Gasteiger partial charge on any atom is -0.469 e. The molecule has 122 valence electrons. The Labute approximate surface area is 131 Å². The number of hydrogen-bond acceptors (Lipinski definition) is 4. The second-order valence-corrected chi connectivity index (χ2v) is 6.25. The van der Waals surface area contributed by atoms with E-state index in [1.165, 1.54) is 7.11 Å². The van der Waals surface area contributed by atoms with Gasteiger partial charge in [0.25, 0.3) is 5.91 Å². The van der Waals surface area contributed by atoms with E-state index in [1.54, 1.807) is 17.1 Å². The molecule has 1 aromatic heterocycles. The first-order valence-corrected chi connectivity index (χ1v) is 7.91. The summed E-state index contributed by atoms with van der Waals surface area (Å²) in [6, 6.07) is 0.246. The van der Waals surface area contributed by atoms with Crippen molar-refractivity contribution in [1.29, 1.82) is 0 Å². The number of carbonyl (C=O) groups excluding carboxylic acids is 2. The maximum atomic E-state index is 12.1. The molecule has 1 heterocycles. The van der Waals surface area contributed by atoms with Gasteiger partial charge in [-0.3, -0.25) is 14.3 Å². The number of carbonyl (C=O) groups is 2. The highest BCUT2D eigenvalue weighted by molar-refractivity contribution is 5.93. The molecule has 1 aliphatic rings. The second kappa shape index (κ2) is 7.42. The fraction of sp³-hybridized carbons (Fsp3) is 0.688. The van der Waals surface area contributed by atoms with Gasteiger partial charge in [0.05, 0.1) is 24.8 Å². The Morgan fingerprint density at radius 2 is 2.05 bits per heavy atom. The topological polar surface area (TPSA) is 73.2 Å². The molecule has 0 spiro atoms. The van der Waals surface area contributed by atoms with E-state index >= 15 is 0 Å². The fourth-order valence-electron chi connectivity index (χ4n) is 2.85. The summed E-state index contributed by atoms with van der Waals surface area (Å²) in [5, 5.41) is 7.15. The molecular weight excluding hydrogens is 282 g/mol. The molecule has 0 atom stereocenters. The zero-order valence-corrected chi connectivity index (χ0v) is 13.5. The van der Waals surface area contributed by atoms with Crippen molar-refractivity contribution in [3.8, 4) is 0 Å².